The molecule has 1 atom stereocenters. The van der Waals surface area contributed by atoms with Crippen molar-refractivity contribution in [2.24, 2.45) is 0 Å². The summed E-state index contributed by atoms with van der Waals surface area (Å²) in [6.07, 6.45) is 3.87. The molecule has 1 aliphatic rings. The quantitative estimate of drug-likeness (QED) is 0.793. The van der Waals surface area contributed by atoms with Crippen molar-refractivity contribution in [1.82, 2.24) is 15.1 Å². The molecule has 1 aromatic carbocycles. The highest BCUT2D eigenvalue weighted by molar-refractivity contribution is 5.25. The van der Waals surface area contributed by atoms with Crippen LogP contribution >= 0.6 is 0 Å². The standard InChI is InChI=1S/C18H31N3/c1-4-16-7-9-17(10-8-16)18(19-2)15-20(3)13-14-21-11-5-6-12-21/h7-10,18-19H,4-6,11-15H2,1-3H3. The van der Waals surface area contributed by atoms with Gasteiger partial charge in [-0.25, -0.2) is 0 Å². The highest BCUT2D eigenvalue weighted by Gasteiger charge is 2.15. The molecule has 1 heterocycles. The smallest absolute Gasteiger partial charge is 0.0446 e. The monoisotopic (exact) mass is 289 g/mol. The van der Waals surface area contributed by atoms with E-state index in [4.69, 9.17) is 0 Å². The third-order valence-corrected chi connectivity index (χ3v) is 4.63. The van der Waals surface area contributed by atoms with Crippen LogP contribution in [0.5, 0.6) is 0 Å². The van der Waals surface area contributed by atoms with Gasteiger partial charge in [-0.3, -0.25) is 0 Å². The molecule has 0 spiro atoms. The second-order valence-corrected chi connectivity index (χ2v) is 6.25. The fourth-order valence-electron chi connectivity index (χ4n) is 3.07. The number of nitrogens with one attached hydrogen (secondary N) is 1. The molecule has 1 unspecified atom stereocenters. The number of hydrogen-bond acceptors (Lipinski definition) is 3. The van der Waals surface area contributed by atoms with Crippen LogP contribution in [-0.2, 0) is 6.42 Å². The predicted molar refractivity (Wildman–Crippen MR) is 90.8 cm³/mol. The number of aryl methyl sites for hydroxylation is 1. The van der Waals surface area contributed by atoms with E-state index >= 15 is 0 Å². The molecule has 0 aromatic heterocycles. The second kappa shape index (κ2) is 8.52. The van der Waals surface area contributed by atoms with Crippen LogP contribution < -0.4 is 5.32 Å². The van der Waals surface area contributed by atoms with Crippen LogP contribution in [0, 0.1) is 0 Å². The SMILES string of the molecule is CCc1ccc(C(CN(C)CCN2CCCC2)NC)cc1. The first-order valence-corrected chi connectivity index (χ1v) is 8.40. The van der Waals surface area contributed by atoms with Crippen molar-refractivity contribution in [3.05, 3.63) is 35.4 Å². The Kier molecular flexibility index (Phi) is 6.68. The Morgan fingerprint density at radius 1 is 1.19 bits per heavy atom. The summed E-state index contributed by atoms with van der Waals surface area (Å²) in [5.41, 5.74) is 2.80. The first-order chi connectivity index (χ1) is 10.2. The summed E-state index contributed by atoms with van der Waals surface area (Å²) < 4.78 is 0. The van der Waals surface area contributed by atoms with Gasteiger partial charge in [0.25, 0.3) is 0 Å². The van der Waals surface area contributed by atoms with Gasteiger partial charge < -0.3 is 15.1 Å². The fourth-order valence-corrected chi connectivity index (χ4v) is 3.07. The Labute approximate surface area is 130 Å². The molecule has 118 valence electrons. The van der Waals surface area contributed by atoms with Gasteiger partial charge in [-0.1, -0.05) is 31.2 Å². The maximum absolute atomic E-state index is 3.46. The molecular weight excluding hydrogens is 258 g/mol. The van der Waals surface area contributed by atoms with Gasteiger partial charge in [-0.05, 0) is 57.6 Å². The van der Waals surface area contributed by atoms with E-state index in [1.807, 2.05) is 0 Å². The zero-order valence-electron chi connectivity index (χ0n) is 13.9. The van der Waals surface area contributed by atoms with Crippen LogP contribution in [0.15, 0.2) is 24.3 Å². The van der Waals surface area contributed by atoms with Crippen molar-refractivity contribution < 1.29 is 0 Å². The zero-order chi connectivity index (χ0) is 15.1. The zero-order valence-corrected chi connectivity index (χ0v) is 13.9. The number of rotatable bonds is 8. The number of likely N-dealkylation sites (N-methyl/N-ethyl adjacent to an activating group) is 2. The van der Waals surface area contributed by atoms with E-state index in [1.54, 1.807) is 0 Å². The van der Waals surface area contributed by atoms with Crippen molar-refractivity contribution in [2.45, 2.75) is 32.2 Å². The number of benzene rings is 1. The summed E-state index contributed by atoms with van der Waals surface area (Å²) >= 11 is 0. The van der Waals surface area contributed by atoms with Crippen LogP contribution in [-0.4, -0.2) is 56.6 Å². The normalized spacial score (nSPS) is 17.5. The van der Waals surface area contributed by atoms with Crippen LogP contribution in [0.3, 0.4) is 0 Å². The molecule has 1 fully saturated rings. The summed E-state index contributed by atoms with van der Waals surface area (Å²) in [6, 6.07) is 9.47. The molecule has 1 N–H and O–H groups in total. The maximum atomic E-state index is 3.46. The fraction of sp³-hybridized carbons (Fsp3) is 0.667. The summed E-state index contributed by atoms with van der Waals surface area (Å²) in [5.74, 6) is 0. The second-order valence-electron chi connectivity index (χ2n) is 6.25. The minimum Gasteiger partial charge on any atom is -0.312 e. The molecule has 0 aliphatic carbocycles. The lowest BCUT2D eigenvalue weighted by Gasteiger charge is -2.26. The molecule has 0 amide bonds. The Morgan fingerprint density at radius 2 is 1.86 bits per heavy atom. The molecule has 2 rings (SSSR count). The summed E-state index contributed by atoms with van der Waals surface area (Å²) in [5, 5.41) is 3.46. The van der Waals surface area contributed by atoms with Crippen molar-refractivity contribution in [3.8, 4) is 0 Å². The summed E-state index contributed by atoms with van der Waals surface area (Å²) in [7, 11) is 4.30. The van der Waals surface area contributed by atoms with Crippen LogP contribution in [0.1, 0.15) is 36.9 Å². The van der Waals surface area contributed by atoms with Crippen LogP contribution in [0.4, 0.5) is 0 Å². The van der Waals surface area contributed by atoms with Gasteiger partial charge in [0.15, 0.2) is 0 Å². The van der Waals surface area contributed by atoms with Gasteiger partial charge in [-0.2, -0.15) is 0 Å². The molecule has 3 heteroatoms. The highest BCUT2D eigenvalue weighted by Crippen LogP contribution is 2.15. The van der Waals surface area contributed by atoms with E-state index in [0.29, 0.717) is 6.04 Å². The number of likely N-dealkylation sites (tertiary alicyclic amines) is 1. The van der Waals surface area contributed by atoms with E-state index in [1.165, 1.54) is 43.6 Å². The van der Waals surface area contributed by atoms with Crippen molar-refractivity contribution in [3.63, 3.8) is 0 Å². The van der Waals surface area contributed by atoms with Gasteiger partial charge in [0.2, 0.25) is 0 Å². The topological polar surface area (TPSA) is 18.5 Å². The molecule has 1 saturated heterocycles. The van der Waals surface area contributed by atoms with Gasteiger partial charge in [0.05, 0.1) is 0 Å². The minimum absolute atomic E-state index is 0.416. The number of hydrogen-bond donors (Lipinski definition) is 1. The average Bonchev–Trinajstić information content (AvgIpc) is 3.04. The molecule has 0 saturated carbocycles. The molecule has 0 radical (unpaired) electrons. The van der Waals surface area contributed by atoms with Crippen molar-refractivity contribution in [2.75, 3.05) is 46.8 Å². The average molecular weight is 289 g/mol. The Morgan fingerprint density at radius 3 is 2.43 bits per heavy atom. The lowest BCUT2D eigenvalue weighted by molar-refractivity contribution is 0.241. The maximum Gasteiger partial charge on any atom is 0.0446 e. The third kappa shape index (κ3) is 5.10. The van der Waals surface area contributed by atoms with Crippen molar-refractivity contribution >= 4 is 0 Å². The van der Waals surface area contributed by atoms with Gasteiger partial charge >= 0.3 is 0 Å². The molecule has 21 heavy (non-hydrogen) atoms. The minimum atomic E-state index is 0.416. The molecular formula is C18H31N3. The highest BCUT2D eigenvalue weighted by atomic mass is 15.2. The first kappa shape index (κ1) is 16.5. The van der Waals surface area contributed by atoms with E-state index in [0.717, 1.165) is 19.5 Å². The van der Waals surface area contributed by atoms with Crippen molar-refractivity contribution in [1.29, 1.82) is 0 Å². The van der Waals surface area contributed by atoms with Crippen LogP contribution in [0.2, 0.25) is 0 Å². The third-order valence-electron chi connectivity index (χ3n) is 4.63. The molecule has 3 nitrogen and oxygen atoms in total. The summed E-state index contributed by atoms with van der Waals surface area (Å²) in [4.78, 5) is 5.04. The molecule has 0 bridgehead atoms. The van der Waals surface area contributed by atoms with E-state index < -0.39 is 0 Å². The predicted octanol–water partition coefficient (Wildman–Crippen LogP) is 2.54. The first-order valence-electron chi connectivity index (χ1n) is 8.40. The van der Waals surface area contributed by atoms with Gasteiger partial charge in [0, 0.05) is 25.7 Å². The molecule has 1 aromatic rings. The van der Waals surface area contributed by atoms with E-state index in [-0.39, 0.29) is 0 Å². The lowest BCUT2D eigenvalue weighted by atomic mass is 10.0. The molecule has 1 aliphatic heterocycles. The largest absolute Gasteiger partial charge is 0.312 e. The van der Waals surface area contributed by atoms with Crippen LogP contribution in [0.25, 0.3) is 0 Å². The van der Waals surface area contributed by atoms with Gasteiger partial charge in [0.1, 0.15) is 0 Å². The Bertz CT molecular complexity index is 395. The Hall–Kier alpha value is -0.900. The lowest BCUT2D eigenvalue weighted by Crippen LogP contribution is -2.36. The number of nitrogens with zero attached hydrogens (tertiary/aromatic N) is 2. The summed E-state index contributed by atoms with van der Waals surface area (Å²) in [6.45, 7) is 8.23. The van der Waals surface area contributed by atoms with E-state index in [9.17, 15) is 0 Å². The van der Waals surface area contributed by atoms with Gasteiger partial charge in [-0.15, -0.1) is 0 Å². The van der Waals surface area contributed by atoms with E-state index in [2.05, 4.69) is 60.4 Å². The Balaban J connectivity index is 1.82.